The van der Waals surface area contributed by atoms with Crippen LogP contribution in [0.5, 0.6) is 5.75 Å². The van der Waals surface area contributed by atoms with Crippen molar-refractivity contribution in [3.63, 3.8) is 0 Å². The van der Waals surface area contributed by atoms with Gasteiger partial charge in [-0.1, -0.05) is 29.8 Å². The summed E-state index contributed by atoms with van der Waals surface area (Å²) in [5, 5.41) is 0.447. The van der Waals surface area contributed by atoms with E-state index in [1.165, 1.54) is 0 Å². The maximum atomic E-state index is 6.30. The summed E-state index contributed by atoms with van der Waals surface area (Å²) in [6.45, 7) is 0. The van der Waals surface area contributed by atoms with E-state index in [-0.39, 0.29) is 0 Å². The summed E-state index contributed by atoms with van der Waals surface area (Å²) in [6, 6.07) is 13.3. The fraction of sp³-hybridized carbons (Fsp3) is 0.0625. The molecule has 0 amide bonds. The van der Waals surface area contributed by atoms with Gasteiger partial charge in [0.2, 0.25) is 5.89 Å². The van der Waals surface area contributed by atoms with Gasteiger partial charge in [0.15, 0.2) is 5.58 Å². The molecule has 0 aliphatic heterocycles. The topological polar surface area (TPSA) is 35.3 Å². The van der Waals surface area contributed by atoms with Crippen molar-refractivity contribution >= 4 is 49.7 Å². The Kier molecular flexibility index (Phi) is 3.99. The van der Waals surface area contributed by atoms with Gasteiger partial charge in [-0.25, -0.2) is 4.98 Å². The van der Waals surface area contributed by atoms with Gasteiger partial charge in [0.25, 0.3) is 0 Å². The number of nitrogens with zero attached hydrogens (tertiary/aromatic N) is 1. The summed E-state index contributed by atoms with van der Waals surface area (Å²) in [4.78, 5) is 4.36. The fourth-order valence-corrected chi connectivity index (χ4v) is 2.72. The average molecular weight is 365 g/mol. The molecular formula is C16H11BrClNO2. The lowest BCUT2D eigenvalue weighted by Gasteiger charge is -2.03. The maximum Gasteiger partial charge on any atom is 0.238 e. The van der Waals surface area contributed by atoms with Gasteiger partial charge in [0.1, 0.15) is 16.3 Å². The highest BCUT2D eigenvalue weighted by Gasteiger charge is 2.09. The Morgan fingerprint density at radius 1 is 1.29 bits per heavy atom. The van der Waals surface area contributed by atoms with Crippen LogP contribution in [-0.4, -0.2) is 12.1 Å². The van der Waals surface area contributed by atoms with Gasteiger partial charge in [0, 0.05) is 0 Å². The number of rotatable bonds is 3. The molecule has 0 unspecified atom stereocenters. The fourth-order valence-electron chi connectivity index (χ4n) is 1.95. The number of oxazole rings is 1. The van der Waals surface area contributed by atoms with E-state index in [1.54, 1.807) is 13.2 Å². The first-order chi connectivity index (χ1) is 10.2. The van der Waals surface area contributed by atoms with Crippen LogP contribution in [0, 0.1) is 0 Å². The molecule has 0 radical (unpaired) electrons. The third kappa shape index (κ3) is 2.96. The summed E-state index contributed by atoms with van der Waals surface area (Å²) in [6.07, 6.45) is 1.80. The Bertz CT molecular complexity index is 793. The SMILES string of the molecule is COc1ccc(/C=C(\Cl)c2nc3ccccc3o2)cc1Br. The number of para-hydroxylation sites is 2. The largest absolute Gasteiger partial charge is 0.496 e. The van der Waals surface area contributed by atoms with Crippen LogP contribution in [0.3, 0.4) is 0 Å². The van der Waals surface area contributed by atoms with Crippen molar-refractivity contribution in [1.29, 1.82) is 0 Å². The number of hydrogen-bond acceptors (Lipinski definition) is 3. The Labute approximate surface area is 135 Å². The number of fused-ring (bicyclic) bond motifs is 1. The molecule has 0 aliphatic rings. The number of benzene rings is 2. The minimum absolute atomic E-state index is 0.407. The van der Waals surface area contributed by atoms with E-state index in [0.29, 0.717) is 10.9 Å². The molecule has 2 aromatic carbocycles. The van der Waals surface area contributed by atoms with Crippen molar-refractivity contribution in [3.05, 3.63) is 58.4 Å². The third-order valence-electron chi connectivity index (χ3n) is 2.97. The zero-order chi connectivity index (χ0) is 14.8. The molecule has 0 bridgehead atoms. The van der Waals surface area contributed by atoms with Gasteiger partial charge >= 0.3 is 0 Å². The second kappa shape index (κ2) is 5.92. The van der Waals surface area contributed by atoms with Gasteiger partial charge in [-0.15, -0.1) is 0 Å². The predicted molar refractivity (Wildman–Crippen MR) is 88.4 cm³/mol. The van der Waals surface area contributed by atoms with E-state index in [2.05, 4.69) is 20.9 Å². The summed E-state index contributed by atoms with van der Waals surface area (Å²) in [5.41, 5.74) is 2.43. The Morgan fingerprint density at radius 2 is 2.10 bits per heavy atom. The first-order valence-electron chi connectivity index (χ1n) is 6.24. The molecule has 3 rings (SSSR count). The molecule has 5 heteroatoms. The molecule has 0 saturated heterocycles. The lowest BCUT2D eigenvalue weighted by Crippen LogP contribution is -1.85. The minimum atomic E-state index is 0.407. The summed E-state index contributed by atoms with van der Waals surface area (Å²) in [5.74, 6) is 1.18. The first kappa shape index (κ1) is 14.2. The molecule has 0 spiro atoms. The molecule has 3 nitrogen and oxygen atoms in total. The van der Waals surface area contributed by atoms with Crippen LogP contribution in [0.1, 0.15) is 11.5 Å². The van der Waals surface area contributed by atoms with Crippen molar-refractivity contribution in [2.24, 2.45) is 0 Å². The summed E-state index contributed by atoms with van der Waals surface area (Å²) >= 11 is 9.74. The quantitative estimate of drug-likeness (QED) is 0.629. The van der Waals surface area contributed by atoms with Crippen LogP contribution < -0.4 is 4.74 Å². The van der Waals surface area contributed by atoms with Gasteiger partial charge in [-0.3, -0.25) is 0 Å². The highest BCUT2D eigenvalue weighted by Crippen LogP contribution is 2.29. The zero-order valence-corrected chi connectivity index (χ0v) is 13.5. The van der Waals surface area contributed by atoms with E-state index in [0.717, 1.165) is 26.9 Å². The maximum absolute atomic E-state index is 6.30. The molecule has 1 aromatic heterocycles. The molecular weight excluding hydrogens is 354 g/mol. The minimum Gasteiger partial charge on any atom is -0.496 e. The van der Waals surface area contributed by atoms with Crippen LogP contribution in [-0.2, 0) is 0 Å². The molecule has 0 atom stereocenters. The molecule has 106 valence electrons. The van der Waals surface area contributed by atoms with Crippen molar-refractivity contribution in [2.45, 2.75) is 0 Å². The van der Waals surface area contributed by atoms with Crippen LogP contribution in [0.2, 0.25) is 0 Å². The number of aromatic nitrogens is 1. The van der Waals surface area contributed by atoms with E-state index in [1.807, 2.05) is 42.5 Å². The van der Waals surface area contributed by atoms with Gasteiger partial charge in [-0.05, 0) is 51.8 Å². The van der Waals surface area contributed by atoms with Gasteiger partial charge in [0.05, 0.1) is 11.6 Å². The highest BCUT2D eigenvalue weighted by molar-refractivity contribution is 9.10. The highest BCUT2D eigenvalue weighted by atomic mass is 79.9. The summed E-state index contributed by atoms with van der Waals surface area (Å²) < 4.78 is 11.7. The third-order valence-corrected chi connectivity index (χ3v) is 3.86. The zero-order valence-electron chi connectivity index (χ0n) is 11.1. The first-order valence-corrected chi connectivity index (χ1v) is 7.41. The molecule has 0 aliphatic carbocycles. The molecule has 0 saturated carbocycles. The van der Waals surface area contributed by atoms with E-state index in [9.17, 15) is 0 Å². The van der Waals surface area contributed by atoms with Gasteiger partial charge in [-0.2, -0.15) is 0 Å². The Morgan fingerprint density at radius 3 is 2.81 bits per heavy atom. The van der Waals surface area contributed by atoms with Crippen molar-refractivity contribution in [2.75, 3.05) is 7.11 Å². The molecule has 1 heterocycles. The summed E-state index contributed by atoms with van der Waals surface area (Å²) in [7, 11) is 1.63. The van der Waals surface area contributed by atoms with Crippen LogP contribution in [0.4, 0.5) is 0 Å². The lowest BCUT2D eigenvalue weighted by molar-refractivity contribution is 0.412. The van der Waals surface area contributed by atoms with Crippen LogP contribution >= 0.6 is 27.5 Å². The van der Waals surface area contributed by atoms with Crippen molar-refractivity contribution < 1.29 is 9.15 Å². The van der Waals surface area contributed by atoms with E-state index in [4.69, 9.17) is 20.8 Å². The Balaban J connectivity index is 1.96. The molecule has 0 fully saturated rings. The average Bonchev–Trinajstić information content (AvgIpc) is 2.91. The molecule has 0 N–H and O–H groups in total. The van der Waals surface area contributed by atoms with Crippen LogP contribution in [0.25, 0.3) is 22.2 Å². The smallest absolute Gasteiger partial charge is 0.238 e. The second-order valence-corrected chi connectivity index (χ2v) is 5.63. The molecule has 3 aromatic rings. The monoisotopic (exact) mass is 363 g/mol. The van der Waals surface area contributed by atoms with Gasteiger partial charge < -0.3 is 9.15 Å². The number of halogens is 2. The predicted octanol–water partition coefficient (Wildman–Crippen LogP) is 5.34. The number of hydrogen-bond donors (Lipinski definition) is 0. The number of methoxy groups -OCH3 is 1. The Hall–Kier alpha value is -1.78. The van der Waals surface area contributed by atoms with E-state index < -0.39 is 0 Å². The normalized spacial score (nSPS) is 11.9. The van der Waals surface area contributed by atoms with E-state index >= 15 is 0 Å². The van der Waals surface area contributed by atoms with Crippen LogP contribution in [0.15, 0.2) is 51.4 Å². The second-order valence-electron chi connectivity index (χ2n) is 4.37. The number of ether oxygens (including phenoxy) is 1. The lowest BCUT2D eigenvalue weighted by atomic mass is 10.2. The molecule has 21 heavy (non-hydrogen) atoms. The van der Waals surface area contributed by atoms with Crippen molar-refractivity contribution in [3.8, 4) is 5.75 Å². The standard InChI is InChI=1S/C16H11BrClNO2/c1-20-14-7-6-10(8-11(14)17)9-12(18)16-19-13-4-2-3-5-15(13)21-16/h2-9H,1H3/b12-9-. The van der Waals surface area contributed by atoms with Crippen molar-refractivity contribution in [1.82, 2.24) is 4.98 Å².